The predicted molar refractivity (Wildman–Crippen MR) is 70.4 cm³/mol. The zero-order valence-corrected chi connectivity index (χ0v) is 11.7. The molecule has 1 unspecified atom stereocenters. The van der Waals surface area contributed by atoms with Gasteiger partial charge in [-0.25, -0.2) is 4.39 Å². The number of rotatable bonds is 6. The van der Waals surface area contributed by atoms with E-state index in [4.69, 9.17) is 16.3 Å². The maximum Gasteiger partial charge on any atom is 0.168 e. The second-order valence-corrected chi connectivity index (χ2v) is 4.79. The highest BCUT2D eigenvalue weighted by atomic mass is 35.5. The van der Waals surface area contributed by atoms with Crippen molar-refractivity contribution in [2.45, 2.75) is 39.2 Å². The van der Waals surface area contributed by atoms with Gasteiger partial charge >= 0.3 is 0 Å². The highest BCUT2D eigenvalue weighted by Crippen LogP contribution is 2.22. The molecular weight excluding hydrogens is 255 g/mol. The van der Waals surface area contributed by atoms with E-state index in [-0.39, 0.29) is 12.2 Å². The van der Waals surface area contributed by atoms with Crippen molar-refractivity contribution in [3.8, 4) is 0 Å². The summed E-state index contributed by atoms with van der Waals surface area (Å²) in [6.45, 7) is 5.90. The van der Waals surface area contributed by atoms with Crippen molar-refractivity contribution in [1.82, 2.24) is 0 Å². The molecule has 0 N–H and O–H groups in total. The summed E-state index contributed by atoms with van der Waals surface area (Å²) in [7, 11) is 0. The van der Waals surface area contributed by atoms with Crippen LogP contribution >= 0.6 is 11.6 Å². The Hall–Kier alpha value is -0.930. The fourth-order valence-electron chi connectivity index (χ4n) is 1.74. The molecule has 1 aromatic carbocycles. The molecule has 0 aliphatic carbocycles. The molecule has 0 radical (unpaired) electrons. The van der Waals surface area contributed by atoms with Gasteiger partial charge < -0.3 is 4.74 Å². The summed E-state index contributed by atoms with van der Waals surface area (Å²) >= 11 is 5.80. The van der Waals surface area contributed by atoms with E-state index in [1.165, 1.54) is 18.2 Å². The minimum atomic E-state index is -0.858. The molecule has 0 heterocycles. The standard InChI is InChI=1S/C14H18ClFO2/c1-4-14(3,18-5-2)13(17)9-10-8-11(15)6-7-12(10)16/h6-8H,4-5,9H2,1-3H3. The molecule has 0 fully saturated rings. The molecule has 4 heteroatoms. The maximum atomic E-state index is 13.6. The van der Waals surface area contributed by atoms with Crippen LogP contribution in [0.1, 0.15) is 32.8 Å². The molecule has 0 aliphatic heterocycles. The van der Waals surface area contributed by atoms with Crippen molar-refractivity contribution < 1.29 is 13.9 Å². The number of benzene rings is 1. The van der Waals surface area contributed by atoms with Crippen LogP contribution in [-0.4, -0.2) is 18.0 Å². The van der Waals surface area contributed by atoms with Gasteiger partial charge in [-0.15, -0.1) is 0 Å². The lowest BCUT2D eigenvalue weighted by Gasteiger charge is -2.26. The molecule has 0 aliphatic rings. The molecule has 1 rings (SSSR count). The van der Waals surface area contributed by atoms with Crippen molar-refractivity contribution in [2.24, 2.45) is 0 Å². The largest absolute Gasteiger partial charge is 0.368 e. The Bertz CT molecular complexity index is 434. The topological polar surface area (TPSA) is 26.3 Å². The van der Waals surface area contributed by atoms with Crippen LogP contribution in [0.15, 0.2) is 18.2 Å². The smallest absolute Gasteiger partial charge is 0.168 e. The summed E-state index contributed by atoms with van der Waals surface area (Å²) in [6, 6.07) is 4.22. The van der Waals surface area contributed by atoms with Gasteiger partial charge in [-0.1, -0.05) is 18.5 Å². The van der Waals surface area contributed by atoms with Crippen LogP contribution in [-0.2, 0) is 16.0 Å². The lowest BCUT2D eigenvalue weighted by atomic mass is 9.92. The highest BCUT2D eigenvalue weighted by Gasteiger charge is 2.31. The van der Waals surface area contributed by atoms with E-state index in [0.29, 0.717) is 23.6 Å². The number of ketones is 1. The van der Waals surface area contributed by atoms with E-state index in [1.807, 2.05) is 13.8 Å². The van der Waals surface area contributed by atoms with Crippen molar-refractivity contribution in [1.29, 1.82) is 0 Å². The lowest BCUT2D eigenvalue weighted by molar-refractivity contribution is -0.141. The van der Waals surface area contributed by atoms with E-state index in [9.17, 15) is 9.18 Å². The van der Waals surface area contributed by atoms with Gasteiger partial charge in [0, 0.05) is 18.1 Å². The van der Waals surface area contributed by atoms with Gasteiger partial charge in [-0.3, -0.25) is 4.79 Å². The second-order valence-electron chi connectivity index (χ2n) is 4.35. The number of Topliss-reactive ketones (excluding diaryl/α,β-unsaturated/α-hetero) is 1. The number of ether oxygens (including phenoxy) is 1. The minimum absolute atomic E-state index is 0.00324. The van der Waals surface area contributed by atoms with Gasteiger partial charge in [0.1, 0.15) is 11.4 Å². The normalized spacial score (nSPS) is 14.3. The molecule has 0 saturated carbocycles. The molecule has 2 nitrogen and oxygen atoms in total. The third-order valence-electron chi connectivity index (χ3n) is 3.09. The van der Waals surface area contributed by atoms with Crippen LogP contribution in [0.2, 0.25) is 5.02 Å². The first-order chi connectivity index (χ1) is 8.42. The summed E-state index contributed by atoms with van der Waals surface area (Å²) in [5.74, 6) is -0.546. The van der Waals surface area contributed by atoms with E-state index in [0.717, 1.165) is 0 Å². The van der Waals surface area contributed by atoms with Crippen LogP contribution in [0, 0.1) is 5.82 Å². The van der Waals surface area contributed by atoms with Crippen LogP contribution in [0.5, 0.6) is 0 Å². The average Bonchev–Trinajstić information content (AvgIpc) is 2.34. The monoisotopic (exact) mass is 272 g/mol. The Labute approximate surface area is 112 Å². The number of halogens is 2. The fourth-order valence-corrected chi connectivity index (χ4v) is 1.93. The zero-order chi connectivity index (χ0) is 13.8. The van der Waals surface area contributed by atoms with Crippen LogP contribution in [0.3, 0.4) is 0 Å². The van der Waals surface area contributed by atoms with Gasteiger partial charge in [0.15, 0.2) is 5.78 Å². The van der Waals surface area contributed by atoms with E-state index < -0.39 is 11.4 Å². The summed E-state index contributed by atoms with van der Waals surface area (Å²) in [5, 5.41) is 0.425. The van der Waals surface area contributed by atoms with E-state index in [1.54, 1.807) is 6.92 Å². The van der Waals surface area contributed by atoms with Gasteiger partial charge in [-0.2, -0.15) is 0 Å². The van der Waals surface area contributed by atoms with Gasteiger partial charge in [0.25, 0.3) is 0 Å². The minimum Gasteiger partial charge on any atom is -0.368 e. The van der Waals surface area contributed by atoms with Crippen molar-refractivity contribution >= 4 is 17.4 Å². The predicted octanol–water partition coefficient (Wildman–Crippen LogP) is 3.80. The van der Waals surface area contributed by atoms with E-state index >= 15 is 0 Å². The van der Waals surface area contributed by atoms with Crippen LogP contribution < -0.4 is 0 Å². The van der Waals surface area contributed by atoms with Gasteiger partial charge in [0.05, 0.1) is 0 Å². The van der Waals surface area contributed by atoms with Gasteiger partial charge in [-0.05, 0) is 44.0 Å². The Morgan fingerprint density at radius 3 is 2.67 bits per heavy atom. The molecule has 100 valence electrons. The van der Waals surface area contributed by atoms with Crippen molar-refractivity contribution in [3.63, 3.8) is 0 Å². The summed E-state index contributed by atoms with van der Waals surface area (Å²) in [4.78, 5) is 12.2. The Morgan fingerprint density at radius 2 is 2.11 bits per heavy atom. The zero-order valence-electron chi connectivity index (χ0n) is 10.9. The first-order valence-electron chi connectivity index (χ1n) is 6.04. The molecule has 0 spiro atoms. The molecule has 0 bridgehead atoms. The molecular formula is C14H18ClFO2. The molecule has 0 amide bonds. The van der Waals surface area contributed by atoms with Crippen molar-refractivity contribution in [3.05, 3.63) is 34.6 Å². The summed E-state index contributed by atoms with van der Waals surface area (Å²) in [5.41, 5.74) is -0.546. The molecule has 0 aromatic heterocycles. The number of hydrogen-bond acceptors (Lipinski definition) is 2. The third-order valence-corrected chi connectivity index (χ3v) is 3.32. The molecule has 1 atom stereocenters. The maximum absolute atomic E-state index is 13.6. The molecule has 1 aromatic rings. The summed E-state index contributed by atoms with van der Waals surface area (Å²) in [6.07, 6.45) is 0.554. The first-order valence-corrected chi connectivity index (χ1v) is 6.42. The average molecular weight is 273 g/mol. The Kier molecular flexibility index (Phi) is 5.29. The lowest BCUT2D eigenvalue weighted by Crippen LogP contribution is -2.39. The van der Waals surface area contributed by atoms with Crippen LogP contribution in [0.25, 0.3) is 0 Å². The SMILES string of the molecule is CCOC(C)(CC)C(=O)Cc1cc(Cl)ccc1F. The second kappa shape index (κ2) is 6.30. The van der Waals surface area contributed by atoms with Gasteiger partial charge in [0.2, 0.25) is 0 Å². The molecule has 18 heavy (non-hydrogen) atoms. The van der Waals surface area contributed by atoms with E-state index in [2.05, 4.69) is 0 Å². The quantitative estimate of drug-likeness (QED) is 0.787. The summed E-state index contributed by atoms with van der Waals surface area (Å²) < 4.78 is 19.0. The Morgan fingerprint density at radius 1 is 1.44 bits per heavy atom. The number of hydrogen-bond donors (Lipinski definition) is 0. The van der Waals surface area contributed by atoms with Crippen LogP contribution in [0.4, 0.5) is 4.39 Å². The third kappa shape index (κ3) is 3.53. The number of carbonyl (C=O) groups excluding carboxylic acids is 1. The Balaban J connectivity index is 2.89. The first kappa shape index (κ1) is 15.1. The fraction of sp³-hybridized carbons (Fsp3) is 0.500. The number of carbonyl (C=O) groups is 1. The van der Waals surface area contributed by atoms with Crippen molar-refractivity contribution in [2.75, 3.05) is 6.61 Å². The molecule has 0 saturated heterocycles. The highest BCUT2D eigenvalue weighted by molar-refractivity contribution is 6.30.